The molecule has 0 heterocycles. The molecule has 0 spiro atoms. The number of benzene rings is 2. The average Bonchev–Trinajstić information content (AvgIpc) is 2.49. The highest BCUT2D eigenvalue weighted by atomic mass is 19.2. The summed E-state index contributed by atoms with van der Waals surface area (Å²) >= 11 is 0. The highest BCUT2D eigenvalue weighted by Gasteiger charge is 2.23. The quantitative estimate of drug-likeness (QED) is 0.908. The fourth-order valence-electron chi connectivity index (χ4n) is 2.89. The van der Waals surface area contributed by atoms with Crippen molar-refractivity contribution in [1.29, 1.82) is 0 Å². The number of amides is 1. The highest BCUT2D eigenvalue weighted by Crippen LogP contribution is 2.35. The lowest BCUT2D eigenvalue weighted by Crippen LogP contribution is -2.20. The van der Waals surface area contributed by atoms with Crippen molar-refractivity contribution in [2.24, 2.45) is 5.73 Å². The Bertz CT molecular complexity index is 731. The molecule has 0 aliphatic heterocycles. The monoisotopic (exact) mass is 303 g/mol. The van der Waals surface area contributed by atoms with E-state index in [9.17, 15) is 13.6 Å². The Morgan fingerprint density at radius 2 is 1.82 bits per heavy atom. The molecule has 1 aliphatic rings. The number of halogens is 2. The van der Waals surface area contributed by atoms with Crippen molar-refractivity contribution in [1.82, 2.24) is 0 Å². The number of fused-ring (bicyclic) bond motifs is 1. The van der Waals surface area contributed by atoms with Gasteiger partial charge in [0, 0.05) is 0 Å². The van der Waals surface area contributed by atoms with Gasteiger partial charge < -0.3 is 10.5 Å². The van der Waals surface area contributed by atoms with E-state index in [0.29, 0.717) is 5.56 Å². The molecule has 0 bridgehead atoms. The Morgan fingerprint density at radius 1 is 1.09 bits per heavy atom. The van der Waals surface area contributed by atoms with E-state index >= 15 is 0 Å². The number of hydrogen-bond acceptors (Lipinski definition) is 2. The summed E-state index contributed by atoms with van der Waals surface area (Å²) in [5, 5.41) is 0. The third kappa shape index (κ3) is 2.79. The average molecular weight is 303 g/mol. The van der Waals surface area contributed by atoms with Gasteiger partial charge in [0.1, 0.15) is 6.10 Å². The second kappa shape index (κ2) is 5.75. The SMILES string of the molecule is NC(=O)OC1CCCc2cc(-c3ccc(F)c(F)c3)ccc21. The predicted octanol–water partition coefficient (Wildman–Crippen LogP) is 4.10. The summed E-state index contributed by atoms with van der Waals surface area (Å²) in [5.41, 5.74) is 8.48. The van der Waals surface area contributed by atoms with Crippen molar-refractivity contribution in [3.05, 3.63) is 59.2 Å². The molecular formula is C17H15F2NO2. The van der Waals surface area contributed by atoms with Crippen molar-refractivity contribution in [2.75, 3.05) is 0 Å². The minimum atomic E-state index is -0.870. The molecule has 3 nitrogen and oxygen atoms in total. The van der Waals surface area contributed by atoms with Crippen LogP contribution < -0.4 is 5.73 Å². The van der Waals surface area contributed by atoms with Gasteiger partial charge in [0.2, 0.25) is 0 Å². The summed E-state index contributed by atoms with van der Waals surface area (Å²) in [5.74, 6) is -1.73. The van der Waals surface area contributed by atoms with Crippen molar-refractivity contribution in [3.8, 4) is 11.1 Å². The molecular weight excluding hydrogens is 288 g/mol. The van der Waals surface area contributed by atoms with E-state index < -0.39 is 17.7 Å². The zero-order valence-corrected chi connectivity index (χ0v) is 11.8. The summed E-state index contributed by atoms with van der Waals surface area (Å²) in [6.45, 7) is 0. The normalized spacial score (nSPS) is 16.9. The summed E-state index contributed by atoms with van der Waals surface area (Å²) < 4.78 is 31.5. The van der Waals surface area contributed by atoms with Gasteiger partial charge in [0.25, 0.3) is 0 Å². The van der Waals surface area contributed by atoms with Gasteiger partial charge in [-0.25, -0.2) is 13.6 Å². The van der Waals surface area contributed by atoms with Crippen LogP contribution >= 0.6 is 0 Å². The molecule has 0 aromatic heterocycles. The molecule has 3 rings (SSSR count). The fraction of sp³-hybridized carbons (Fsp3) is 0.235. The smallest absolute Gasteiger partial charge is 0.405 e. The summed E-state index contributed by atoms with van der Waals surface area (Å²) in [6.07, 6.45) is 1.35. The van der Waals surface area contributed by atoms with E-state index in [1.165, 1.54) is 6.07 Å². The molecule has 114 valence electrons. The van der Waals surface area contributed by atoms with Crippen molar-refractivity contribution >= 4 is 6.09 Å². The van der Waals surface area contributed by atoms with Crippen LogP contribution in [0.25, 0.3) is 11.1 Å². The summed E-state index contributed by atoms with van der Waals surface area (Å²) in [7, 11) is 0. The third-order valence-corrected chi connectivity index (χ3v) is 3.91. The first-order chi connectivity index (χ1) is 10.5. The number of ether oxygens (including phenoxy) is 1. The second-order valence-electron chi connectivity index (χ2n) is 5.36. The maximum atomic E-state index is 13.4. The molecule has 5 heteroatoms. The van der Waals surface area contributed by atoms with Crippen LogP contribution in [0.2, 0.25) is 0 Å². The Hall–Kier alpha value is -2.43. The van der Waals surface area contributed by atoms with Gasteiger partial charge in [-0.05, 0) is 53.6 Å². The molecule has 1 aliphatic carbocycles. The zero-order chi connectivity index (χ0) is 15.7. The van der Waals surface area contributed by atoms with Crippen LogP contribution in [0.1, 0.15) is 30.1 Å². The maximum absolute atomic E-state index is 13.4. The minimum absolute atomic E-state index is 0.333. The first kappa shape index (κ1) is 14.5. The van der Waals surface area contributed by atoms with Crippen LogP contribution in [0.4, 0.5) is 13.6 Å². The molecule has 0 saturated carbocycles. The number of hydrogen-bond donors (Lipinski definition) is 1. The lowest BCUT2D eigenvalue weighted by Gasteiger charge is -2.25. The molecule has 0 fully saturated rings. The number of nitrogens with two attached hydrogens (primary N) is 1. The summed E-state index contributed by atoms with van der Waals surface area (Å²) in [4.78, 5) is 11.0. The standard InChI is InChI=1S/C17H15F2NO2/c18-14-7-5-11(9-15(14)19)10-4-6-13-12(8-10)2-1-3-16(13)22-17(20)21/h4-9,16H,1-3H2,(H2,20,21). The molecule has 22 heavy (non-hydrogen) atoms. The van der Waals surface area contributed by atoms with Gasteiger partial charge in [0.15, 0.2) is 11.6 Å². The second-order valence-corrected chi connectivity index (χ2v) is 5.36. The molecule has 1 amide bonds. The van der Waals surface area contributed by atoms with Gasteiger partial charge in [-0.3, -0.25) is 0 Å². The Kier molecular flexibility index (Phi) is 3.79. The van der Waals surface area contributed by atoms with Crippen LogP contribution in [0, 0.1) is 11.6 Å². The van der Waals surface area contributed by atoms with E-state index in [1.807, 2.05) is 18.2 Å². The molecule has 1 atom stereocenters. The Balaban J connectivity index is 1.96. The van der Waals surface area contributed by atoms with E-state index in [2.05, 4.69) is 0 Å². The van der Waals surface area contributed by atoms with Crippen molar-refractivity contribution in [2.45, 2.75) is 25.4 Å². The highest BCUT2D eigenvalue weighted by molar-refractivity contribution is 5.67. The Labute approximate surface area is 126 Å². The van der Waals surface area contributed by atoms with Gasteiger partial charge in [0.05, 0.1) is 0 Å². The minimum Gasteiger partial charge on any atom is -0.442 e. The molecule has 0 radical (unpaired) electrons. The van der Waals surface area contributed by atoms with E-state index in [0.717, 1.165) is 42.0 Å². The van der Waals surface area contributed by atoms with Gasteiger partial charge in [-0.1, -0.05) is 24.3 Å². The van der Waals surface area contributed by atoms with Crippen LogP contribution in [-0.4, -0.2) is 6.09 Å². The zero-order valence-electron chi connectivity index (χ0n) is 11.8. The van der Waals surface area contributed by atoms with E-state index in [1.54, 1.807) is 6.07 Å². The van der Waals surface area contributed by atoms with Crippen molar-refractivity contribution in [3.63, 3.8) is 0 Å². The number of carbonyl (C=O) groups excluding carboxylic acids is 1. The first-order valence-electron chi connectivity index (χ1n) is 7.09. The lowest BCUT2D eigenvalue weighted by atomic mass is 9.87. The number of carbonyl (C=O) groups is 1. The van der Waals surface area contributed by atoms with Crippen LogP contribution in [0.5, 0.6) is 0 Å². The third-order valence-electron chi connectivity index (χ3n) is 3.91. The topological polar surface area (TPSA) is 52.3 Å². The van der Waals surface area contributed by atoms with Gasteiger partial charge in [-0.15, -0.1) is 0 Å². The molecule has 2 aromatic rings. The molecule has 2 N–H and O–H groups in total. The van der Waals surface area contributed by atoms with Crippen molar-refractivity contribution < 1.29 is 18.3 Å². The number of aryl methyl sites for hydroxylation is 1. The molecule has 2 aromatic carbocycles. The van der Waals surface area contributed by atoms with Gasteiger partial charge >= 0.3 is 6.09 Å². The fourth-order valence-corrected chi connectivity index (χ4v) is 2.89. The maximum Gasteiger partial charge on any atom is 0.405 e. The van der Waals surface area contributed by atoms with Crippen LogP contribution in [0.3, 0.4) is 0 Å². The number of rotatable bonds is 2. The van der Waals surface area contributed by atoms with E-state index in [4.69, 9.17) is 10.5 Å². The van der Waals surface area contributed by atoms with Gasteiger partial charge in [-0.2, -0.15) is 0 Å². The first-order valence-corrected chi connectivity index (χ1v) is 7.09. The van der Waals surface area contributed by atoms with Crippen LogP contribution in [-0.2, 0) is 11.2 Å². The van der Waals surface area contributed by atoms with Crippen LogP contribution in [0.15, 0.2) is 36.4 Å². The Morgan fingerprint density at radius 3 is 2.55 bits per heavy atom. The largest absolute Gasteiger partial charge is 0.442 e. The molecule has 1 unspecified atom stereocenters. The predicted molar refractivity (Wildman–Crippen MR) is 78.1 cm³/mol. The van der Waals surface area contributed by atoms with E-state index in [-0.39, 0.29) is 6.10 Å². The molecule has 0 saturated heterocycles. The lowest BCUT2D eigenvalue weighted by molar-refractivity contribution is 0.0959. The summed E-state index contributed by atoms with van der Waals surface area (Å²) in [6, 6.07) is 9.44. The number of primary amides is 1.